The predicted octanol–water partition coefficient (Wildman–Crippen LogP) is 4.86. The first-order chi connectivity index (χ1) is 18.0. The first-order valence-electron chi connectivity index (χ1n) is 11.8. The van der Waals surface area contributed by atoms with Gasteiger partial charge in [0.25, 0.3) is 0 Å². The van der Waals surface area contributed by atoms with Gasteiger partial charge in [-0.15, -0.1) is 5.10 Å². The molecule has 0 aliphatic carbocycles. The molecular weight excluding hydrogens is 472 g/mol. The third-order valence-corrected chi connectivity index (χ3v) is 5.99. The van der Waals surface area contributed by atoms with Crippen molar-refractivity contribution in [3.05, 3.63) is 90.1 Å². The number of aromatic nitrogens is 3. The number of carbonyl (C=O) groups excluding carboxylic acids is 1. The molecule has 2 heterocycles. The van der Waals surface area contributed by atoms with Crippen molar-refractivity contribution in [3.8, 4) is 28.3 Å². The highest BCUT2D eigenvalue weighted by Crippen LogP contribution is 2.42. The number of nitrogens with one attached hydrogen (secondary N) is 1. The summed E-state index contributed by atoms with van der Waals surface area (Å²) in [6, 6.07) is 21.8. The molecule has 3 N–H and O–H groups in total. The second kappa shape index (κ2) is 10.4. The van der Waals surface area contributed by atoms with E-state index in [0.29, 0.717) is 53.9 Å². The molecule has 186 valence electrons. The molecule has 9 nitrogen and oxygen atoms in total. The number of fused-ring (bicyclic) bond motifs is 1. The lowest BCUT2D eigenvalue weighted by Gasteiger charge is -2.05. The van der Waals surface area contributed by atoms with Gasteiger partial charge in [0.2, 0.25) is 5.91 Å². The number of aromatic carboxylic acids is 1. The van der Waals surface area contributed by atoms with Crippen LogP contribution >= 0.6 is 0 Å². The predicted molar refractivity (Wildman–Crippen MR) is 137 cm³/mol. The van der Waals surface area contributed by atoms with Crippen LogP contribution in [0, 0.1) is 0 Å². The fraction of sp³-hybridized carbons (Fsp3) is 0.143. The van der Waals surface area contributed by atoms with Gasteiger partial charge in [0.05, 0.1) is 11.8 Å². The Morgan fingerprint density at radius 1 is 1.00 bits per heavy atom. The van der Waals surface area contributed by atoms with Crippen LogP contribution in [0.1, 0.15) is 28.8 Å². The topological polar surface area (TPSA) is 130 Å². The van der Waals surface area contributed by atoms with Crippen molar-refractivity contribution >= 4 is 22.8 Å². The first-order valence-corrected chi connectivity index (χ1v) is 11.8. The molecule has 9 heteroatoms. The number of nitrogens with zero attached hydrogens (tertiary/aromatic N) is 3. The van der Waals surface area contributed by atoms with Gasteiger partial charge in [-0.1, -0.05) is 65.9 Å². The molecule has 0 unspecified atom stereocenters. The van der Waals surface area contributed by atoms with Gasteiger partial charge in [-0.05, 0) is 18.1 Å². The molecule has 2 aromatic heterocycles. The molecule has 0 saturated carbocycles. The Balaban J connectivity index is 1.36. The maximum atomic E-state index is 12.2. The molecule has 5 aromatic rings. The number of aryl methyl sites for hydroxylation is 1. The molecule has 0 aliphatic rings. The number of carboxylic acids is 1. The smallest absolute Gasteiger partial charge is 0.339 e. The molecule has 0 fully saturated rings. The fourth-order valence-corrected chi connectivity index (χ4v) is 4.16. The second-order valence-electron chi connectivity index (χ2n) is 8.58. The maximum absolute atomic E-state index is 12.2. The molecule has 0 bridgehead atoms. The lowest BCUT2D eigenvalue weighted by Crippen LogP contribution is -2.22. The molecule has 0 saturated heterocycles. The van der Waals surface area contributed by atoms with E-state index in [-0.39, 0.29) is 17.2 Å². The molecule has 37 heavy (non-hydrogen) atoms. The number of furan rings is 1. The van der Waals surface area contributed by atoms with E-state index < -0.39 is 5.97 Å². The molecule has 0 spiro atoms. The van der Waals surface area contributed by atoms with Crippen LogP contribution in [0.3, 0.4) is 0 Å². The number of phenols is 1. The van der Waals surface area contributed by atoms with Crippen molar-refractivity contribution in [1.82, 2.24) is 20.3 Å². The van der Waals surface area contributed by atoms with Crippen molar-refractivity contribution in [1.29, 1.82) is 0 Å². The summed E-state index contributed by atoms with van der Waals surface area (Å²) in [7, 11) is 0. The maximum Gasteiger partial charge on any atom is 0.339 e. The van der Waals surface area contributed by atoms with E-state index in [4.69, 9.17) is 4.42 Å². The van der Waals surface area contributed by atoms with E-state index >= 15 is 0 Å². The van der Waals surface area contributed by atoms with Crippen LogP contribution in [0.15, 0.2) is 83.4 Å². The van der Waals surface area contributed by atoms with Crippen LogP contribution in [-0.2, 0) is 17.9 Å². The van der Waals surface area contributed by atoms with Gasteiger partial charge < -0.3 is 19.9 Å². The van der Waals surface area contributed by atoms with E-state index in [9.17, 15) is 19.8 Å². The molecule has 5 rings (SSSR count). The number of amides is 1. The van der Waals surface area contributed by atoms with Crippen molar-refractivity contribution < 1.29 is 24.2 Å². The summed E-state index contributed by atoms with van der Waals surface area (Å²) in [5.41, 5.74) is 2.99. The van der Waals surface area contributed by atoms with E-state index in [1.54, 1.807) is 10.9 Å². The van der Waals surface area contributed by atoms with E-state index in [1.807, 2.05) is 60.7 Å². The van der Waals surface area contributed by atoms with Gasteiger partial charge in [0.1, 0.15) is 28.4 Å². The van der Waals surface area contributed by atoms with E-state index in [1.165, 1.54) is 12.1 Å². The van der Waals surface area contributed by atoms with Gasteiger partial charge in [0.15, 0.2) is 0 Å². The molecule has 1 amide bonds. The van der Waals surface area contributed by atoms with E-state index in [0.717, 1.165) is 11.1 Å². The molecular formula is C28H24N4O5. The Hall–Kier alpha value is -4.92. The Labute approximate surface area is 212 Å². The Morgan fingerprint density at radius 3 is 2.46 bits per heavy atom. The SMILES string of the molecule is O=C(CCCn1cc(-c2c(-c3ccccc3)oc3cc(O)c(C(=O)O)cc23)nn1)NCc1ccccc1. The Kier molecular flexibility index (Phi) is 6.67. The lowest BCUT2D eigenvalue weighted by atomic mass is 10.0. The number of aromatic hydroxyl groups is 1. The number of carbonyl (C=O) groups is 2. The third-order valence-electron chi connectivity index (χ3n) is 5.99. The second-order valence-corrected chi connectivity index (χ2v) is 8.58. The van der Waals surface area contributed by atoms with Crippen molar-refractivity contribution in [3.63, 3.8) is 0 Å². The summed E-state index contributed by atoms with van der Waals surface area (Å²) in [4.78, 5) is 23.9. The Bertz CT molecular complexity index is 1560. The monoisotopic (exact) mass is 496 g/mol. The summed E-state index contributed by atoms with van der Waals surface area (Å²) >= 11 is 0. The van der Waals surface area contributed by atoms with Crippen LogP contribution in [0.2, 0.25) is 0 Å². The minimum atomic E-state index is -1.25. The summed E-state index contributed by atoms with van der Waals surface area (Å²) in [6.45, 7) is 0.959. The zero-order valence-electron chi connectivity index (χ0n) is 19.8. The minimum Gasteiger partial charge on any atom is -0.507 e. The number of benzene rings is 3. The lowest BCUT2D eigenvalue weighted by molar-refractivity contribution is -0.121. The standard InChI is InChI=1S/C28H24N4O5/c33-23-15-24-21(14-20(23)28(35)36)26(27(37-24)19-10-5-2-6-11-19)22-17-32(31-30-22)13-7-12-25(34)29-16-18-8-3-1-4-9-18/h1-6,8-11,14-15,17,33H,7,12-13,16H2,(H,29,34)(H,35,36). The normalized spacial score (nSPS) is 11.0. The molecule has 0 radical (unpaired) electrons. The molecule has 0 aliphatic heterocycles. The molecule has 0 atom stereocenters. The van der Waals surface area contributed by atoms with Crippen molar-refractivity contribution in [2.75, 3.05) is 0 Å². The quantitative estimate of drug-likeness (QED) is 0.266. The van der Waals surface area contributed by atoms with Crippen LogP contribution in [0.25, 0.3) is 33.6 Å². The van der Waals surface area contributed by atoms with Crippen LogP contribution < -0.4 is 5.32 Å². The summed E-state index contributed by atoms with van der Waals surface area (Å²) < 4.78 is 7.70. The summed E-state index contributed by atoms with van der Waals surface area (Å²) in [6.07, 6.45) is 2.65. The number of hydrogen-bond donors (Lipinski definition) is 3. The highest BCUT2D eigenvalue weighted by Gasteiger charge is 2.23. The summed E-state index contributed by atoms with van der Waals surface area (Å²) in [5.74, 6) is -1.18. The minimum absolute atomic E-state index is 0.0441. The van der Waals surface area contributed by atoms with Crippen LogP contribution in [0.5, 0.6) is 5.75 Å². The van der Waals surface area contributed by atoms with Gasteiger partial charge in [0, 0.05) is 36.5 Å². The molecule has 3 aromatic carbocycles. The first kappa shape index (κ1) is 23.8. The third kappa shape index (κ3) is 5.20. The summed E-state index contributed by atoms with van der Waals surface area (Å²) in [5, 5.41) is 31.6. The van der Waals surface area contributed by atoms with Crippen molar-refractivity contribution in [2.45, 2.75) is 25.9 Å². The largest absolute Gasteiger partial charge is 0.507 e. The van der Waals surface area contributed by atoms with Crippen LogP contribution in [0.4, 0.5) is 0 Å². The number of rotatable bonds is 9. The van der Waals surface area contributed by atoms with Crippen molar-refractivity contribution in [2.24, 2.45) is 0 Å². The van der Waals surface area contributed by atoms with Crippen LogP contribution in [-0.4, -0.2) is 37.1 Å². The van der Waals surface area contributed by atoms with Gasteiger partial charge in [-0.3, -0.25) is 9.48 Å². The number of hydrogen-bond acceptors (Lipinski definition) is 6. The van der Waals surface area contributed by atoms with Gasteiger partial charge in [-0.25, -0.2) is 4.79 Å². The van der Waals surface area contributed by atoms with Gasteiger partial charge in [-0.2, -0.15) is 0 Å². The van der Waals surface area contributed by atoms with E-state index in [2.05, 4.69) is 15.6 Å². The average Bonchev–Trinajstić information content (AvgIpc) is 3.52. The van der Waals surface area contributed by atoms with Gasteiger partial charge >= 0.3 is 5.97 Å². The highest BCUT2D eigenvalue weighted by atomic mass is 16.4. The zero-order chi connectivity index (χ0) is 25.8. The Morgan fingerprint density at radius 2 is 1.73 bits per heavy atom. The average molecular weight is 497 g/mol. The fourth-order valence-electron chi connectivity index (χ4n) is 4.16. The zero-order valence-corrected chi connectivity index (χ0v) is 19.8. The highest BCUT2D eigenvalue weighted by molar-refractivity contribution is 6.05. The number of carboxylic acid groups (broad SMARTS) is 1.